The van der Waals surface area contributed by atoms with E-state index in [2.05, 4.69) is 22.4 Å². The van der Waals surface area contributed by atoms with Gasteiger partial charge >= 0.3 is 0 Å². The summed E-state index contributed by atoms with van der Waals surface area (Å²) in [7, 11) is 0. The first-order valence-electron chi connectivity index (χ1n) is 9.86. The van der Waals surface area contributed by atoms with Crippen LogP contribution in [0.2, 0.25) is 0 Å². The van der Waals surface area contributed by atoms with Crippen molar-refractivity contribution in [1.29, 1.82) is 0 Å². The number of benzene rings is 2. The van der Waals surface area contributed by atoms with Crippen molar-refractivity contribution >= 4 is 22.7 Å². The Morgan fingerprint density at radius 3 is 2.63 bits per heavy atom. The van der Waals surface area contributed by atoms with Gasteiger partial charge in [0, 0.05) is 24.2 Å². The summed E-state index contributed by atoms with van der Waals surface area (Å²) in [5.41, 5.74) is 4.49. The zero-order chi connectivity index (χ0) is 21.1. The number of hydrogen-bond donors (Lipinski definition) is 1. The summed E-state index contributed by atoms with van der Waals surface area (Å²) in [6.45, 7) is 4.21. The van der Waals surface area contributed by atoms with E-state index in [0.717, 1.165) is 23.2 Å². The molecule has 152 valence electrons. The highest BCUT2D eigenvalue weighted by Gasteiger charge is 2.17. The minimum atomic E-state index is -0.354. The van der Waals surface area contributed by atoms with E-state index in [-0.39, 0.29) is 30.0 Å². The van der Waals surface area contributed by atoms with Gasteiger partial charge in [-0.15, -0.1) is 0 Å². The molecule has 0 fully saturated rings. The lowest BCUT2D eigenvalue weighted by atomic mass is 10.1. The molecule has 4 rings (SSSR count). The van der Waals surface area contributed by atoms with Crippen molar-refractivity contribution in [1.82, 2.24) is 14.7 Å². The molecule has 1 amide bonds. The number of aryl methyl sites for hydroxylation is 3. The van der Waals surface area contributed by atoms with Crippen LogP contribution in [0.1, 0.15) is 24.5 Å². The van der Waals surface area contributed by atoms with Gasteiger partial charge in [-0.2, -0.15) is 0 Å². The lowest BCUT2D eigenvalue weighted by Gasteiger charge is -2.08. The van der Waals surface area contributed by atoms with Gasteiger partial charge in [0.25, 0.3) is 11.1 Å². The van der Waals surface area contributed by atoms with Crippen LogP contribution in [0.3, 0.4) is 0 Å². The van der Waals surface area contributed by atoms with E-state index < -0.39 is 0 Å². The molecule has 7 nitrogen and oxygen atoms in total. The first-order valence-corrected chi connectivity index (χ1v) is 9.86. The summed E-state index contributed by atoms with van der Waals surface area (Å²) in [5, 5.41) is 6.92. The van der Waals surface area contributed by atoms with Crippen LogP contribution < -0.4 is 10.9 Å². The monoisotopic (exact) mass is 402 g/mol. The van der Waals surface area contributed by atoms with Crippen molar-refractivity contribution < 1.29 is 9.32 Å². The van der Waals surface area contributed by atoms with Crippen molar-refractivity contribution in [2.24, 2.45) is 0 Å². The van der Waals surface area contributed by atoms with Crippen molar-refractivity contribution in [3.8, 4) is 11.3 Å². The summed E-state index contributed by atoms with van der Waals surface area (Å²) in [5.74, 6) is -0.175. The fraction of sp³-hybridized carbons (Fsp3) is 0.217. The van der Waals surface area contributed by atoms with Crippen LogP contribution >= 0.6 is 0 Å². The Morgan fingerprint density at radius 2 is 1.90 bits per heavy atom. The maximum absolute atomic E-state index is 12.8. The second-order valence-corrected chi connectivity index (χ2v) is 7.12. The fourth-order valence-electron chi connectivity index (χ4n) is 3.25. The van der Waals surface area contributed by atoms with Crippen LogP contribution in [0.4, 0.5) is 5.69 Å². The number of nitrogens with one attached hydrogen (secondary N) is 1. The zero-order valence-electron chi connectivity index (χ0n) is 16.9. The number of anilines is 1. The standard InChI is InChI=1S/C23H22N4O3/c1-3-16-8-10-17(11-9-16)20-21-22(30-26-20)23(29)27(14-24-21)13-12-19(28)25-18-7-5-4-6-15(18)2/h4-11,14H,3,12-13H2,1-2H3,(H,25,28). The second-order valence-electron chi connectivity index (χ2n) is 7.12. The van der Waals surface area contributed by atoms with Crippen molar-refractivity contribution in [3.05, 3.63) is 76.3 Å². The third kappa shape index (κ3) is 3.87. The van der Waals surface area contributed by atoms with Gasteiger partial charge in [0.2, 0.25) is 5.91 Å². The summed E-state index contributed by atoms with van der Waals surface area (Å²) < 4.78 is 6.67. The van der Waals surface area contributed by atoms with Gasteiger partial charge in [-0.3, -0.25) is 14.2 Å². The third-order valence-electron chi connectivity index (χ3n) is 5.08. The molecule has 0 bridgehead atoms. The molecule has 0 saturated carbocycles. The van der Waals surface area contributed by atoms with Crippen LogP contribution in [0.15, 0.2) is 64.2 Å². The molecule has 2 aromatic carbocycles. The first kappa shape index (κ1) is 19.6. The Kier molecular flexibility index (Phi) is 5.43. The number of aromatic nitrogens is 3. The Labute approximate surface area is 173 Å². The molecule has 0 aliphatic heterocycles. The van der Waals surface area contributed by atoms with Crippen molar-refractivity contribution in [2.45, 2.75) is 33.2 Å². The largest absolute Gasteiger partial charge is 0.348 e. The maximum Gasteiger partial charge on any atom is 0.299 e. The molecule has 1 N–H and O–H groups in total. The normalized spacial score (nSPS) is 11.0. The molecule has 0 unspecified atom stereocenters. The topological polar surface area (TPSA) is 90.0 Å². The van der Waals surface area contributed by atoms with E-state index in [0.29, 0.717) is 11.2 Å². The molecule has 4 aromatic rings. The minimum absolute atomic E-state index is 0.0892. The maximum atomic E-state index is 12.8. The third-order valence-corrected chi connectivity index (χ3v) is 5.08. The number of rotatable bonds is 6. The first-order chi connectivity index (χ1) is 14.6. The minimum Gasteiger partial charge on any atom is -0.348 e. The smallest absolute Gasteiger partial charge is 0.299 e. The van der Waals surface area contributed by atoms with Crippen LogP contribution in [0.5, 0.6) is 0 Å². The van der Waals surface area contributed by atoms with Crippen LogP contribution in [0, 0.1) is 6.92 Å². The summed E-state index contributed by atoms with van der Waals surface area (Å²) in [6, 6.07) is 15.5. The van der Waals surface area contributed by atoms with E-state index in [4.69, 9.17) is 4.52 Å². The number of carbonyl (C=O) groups is 1. The average molecular weight is 402 g/mol. The molecule has 7 heteroatoms. The van der Waals surface area contributed by atoms with Gasteiger partial charge in [0.1, 0.15) is 11.2 Å². The highest BCUT2D eigenvalue weighted by Crippen LogP contribution is 2.25. The molecule has 30 heavy (non-hydrogen) atoms. The number of nitrogens with zero attached hydrogens (tertiary/aromatic N) is 3. The summed E-state index contributed by atoms with van der Waals surface area (Å²) in [6.07, 6.45) is 2.52. The number of hydrogen-bond acceptors (Lipinski definition) is 5. The molecule has 0 aliphatic rings. The molecular formula is C23H22N4O3. The van der Waals surface area contributed by atoms with Gasteiger partial charge in [0.05, 0.1) is 6.33 Å². The Hall–Kier alpha value is -3.74. The molecule has 0 atom stereocenters. The quantitative estimate of drug-likeness (QED) is 0.527. The Bertz CT molecular complexity index is 1260. The fourth-order valence-corrected chi connectivity index (χ4v) is 3.25. The van der Waals surface area contributed by atoms with E-state index >= 15 is 0 Å². The van der Waals surface area contributed by atoms with Gasteiger partial charge in [0.15, 0.2) is 0 Å². The van der Waals surface area contributed by atoms with Crippen molar-refractivity contribution in [2.75, 3.05) is 5.32 Å². The summed E-state index contributed by atoms with van der Waals surface area (Å²) in [4.78, 5) is 29.4. The lowest BCUT2D eigenvalue weighted by Crippen LogP contribution is -2.23. The van der Waals surface area contributed by atoms with Gasteiger partial charge in [-0.25, -0.2) is 4.98 Å². The highest BCUT2D eigenvalue weighted by molar-refractivity contribution is 5.91. The van der Waals surface area contributed by atoms with Crippen molar-refractivity contribution in [3.63, 3.8) is 0 Å². The van der Waals surface area contributed by atoms with E-state index in [1.807, 2.05) is 55.5 Å². The van der Waals surface area contributed by atoms with E-state index in [1.165, 1.54) is 16.5 Å². The molecule has 0 aliphatic carbocycles. The predicted octanol–water partition coefficient (Wildman–Crippen LogP) is 3.95. The Morgan fingerprint density at radius 1 is 1.13 bits per heavy atom. The molecule has 0 radical (unpaired) electrons. The van der Waals surface area contributed by atoms with E-state index in [9.17, 15) is 9.59 Å². The van der Waals surface area contributed by atoms with Gasteiger partial charge in [-0.05, 0) is 30.5 Å². The van der Waals surface area contributed by atoms with Crippen LogP contribution in [-0.2, 0) is 17.8 Å². The predicted molar refractivity (Wildman–Crippen MR) is 115 cm³/mol. The second kappa shape index (κ2) is 8.32. The summed E-state index contributed by atoms with van der Waals surface area (Å²) >= 11 is 0. The number of amides is 1. The zero-order valence-corrected chi connectivity index (χ0v) is 16.9. The molecular weight excluding hydrogens is 380 g/mol. The molecule has 0 saturated heterocycles. The molecule has 2 heterocycles. The Balaban J connectivity index is 1.52. The molecule has 2 aromatic heterocycles. The van der Waals surface area contributed by atoms with E-state index in [1.54, 1.807) is 0 Å². The molecule has 0 spiro atoms. The van der Waals surface area contributed by atoms with Crippen LogP contribution in [-0.4, -0.2) is 20.6 Å². The number of carbonyl (C=O) groups excluding carboxylic acids is 1. The van der Waals surface area contributed by atoms with Gasteiger partial charge < -0.3 is 9.84 Å². The van der Waals surface area contributed by atoms with Gasteiger partial charge in [-0.1, -0.05) is 54.5 Å². The highest BCUT2D eigenvalue weighted by atomic mass is 16.5. The average Bonchev–Trinajstić information content (AvgIpc) is 3.20. The number of fused-ring (bicyclic) bond motifs is 1. The van der Waals surface area contributed by atoms with Crippen LogP contribution in [0.25, 0.3) is 22.4 Å². The SMILES string of the molecule is CCc1ccc(-c2noc3c(=O)n(CCC(=O)Nc4ccccc4C)cnc23)cc1. The number of para-hydroxylation sites is 1. The lowest BCUT2D eigenvalue weighted by molar-refractivity contribution is -0.116.